The SMILES string of the molecule is NNC(=O)C(F)(F)c1cc2cn[nH]c2cc1F. The van der Waals surface area contributed by atoms with Crippen LogP contribution in [0.5, 0.6) is 0 Å². The monoisotopic (exact) mass is 244 g/mol. The van der Waals surface area contributed by atoms with Crippen molar-refractivity contribution in [1.82, 2.24) is 15.6 Å². The molecule has 0 fully saturated rings. The molecule has 0 atom stereocenters. The number of hydrogen-bond acceptors (Lipinski definition) is 3. The third-order valence-corrected chi connectivity index (χ3v) is 2.28. The number of aromatic amines is 1. The molecule has 1 amide bonds. The fourth-order valence-electron chi connectivity index (χ4n) is 1.42. The number of rotatable bonds is 2. The number of carbonyl (C=O) groups is 1. The van der Waals surface area contributed by atoms with Gasteiger partial charge in [0, 0.05) is 11.5 Å². The van der Waals surface area contributed by atoms with E-state index < -0.39 is 23.2 Å². The standard InChI is InChI=1S/C9H7F3N4O/c10-6-2-7-4(3-14-16-7)1-5(6)9(11,12)8(17)15-13/h1-3H,13H2,(H,14,16)(H,15,17). The summed E-state index contributed by atoms with van der Waals surface area (Å²) in [6.07, 6.45) is 1.24. The summed E-state index contributed by atoms with van der Waals surface area (Å²) in [4.78, 5) is 10.9. The number of H-pyrrole nitrogens is 1. The maximum Gasteiger partial charge on any atom is 0.353 e. The van der Waals surface area contributed by atoms with E-state index in [1.807, 2.05) is 0 Å². The molecule has 4 N–H and O–H groups in total. The molecule has 1 aromatic carbocycles. The van der Waals surface area contributed by atoms with Gasteiger partial charge in [-0.25, -0.2) is 10.2 Å². The number of fused-ring (bicyclic) bond motifs is 1. The maximum absolute atomic E-state index is 13.5. The van der Waals surface area contributed by atoms with Gasteiger partial charge in [0.25, 0.3) is 0 Å². The molecule has 5 nitrogen and oxygen atoms in total. The number of benzene rings is 1. The van der Waals surface area contributed by atoms with Gasteiger partial charge in [0.15, 0.2) is 0 Å². The third kappa shape index (κ3) is 1.72. The molecule has 8 heteroatoms. The van der Waals surface area contributed by atoms with Crippen molar-refractivity contribution < 1.29 is 18.0 Å². The number of nitrogens with one attached hydrogen (secondary N) is 2. The molecule has 1 heterocycles. The number of carbonyl (C=O) groups excluding carboxylic acids is 1. The average Bonchev–Trinajstić information content (AvgIpc) is 2.73. The Morgan fingerprint density at radius 1 is 1.47 bits per heavy atom. The van der Waals surface area contributed by atoms with Crippen molar-refractivity contribution in [2.45, 2.75) is 5.92 Å². The normalized spacial score (nSPS) is 11.8. The van der Waals surface area contributed by atoms with Crippen LogP contribution in [-0.4, -0.2) is 16.1 Å². The van der Waals surface area contributed by atoms with E-state index in [1.54, 1.807) is 0 Å². The van der Waals surface area contributed by atoms with E-state index in [1.165, 1.54) is 11.6 Å². The summed E-state index contributed by atoms with van der Waals surface area (Å²) in [5.74, 6) is -2.41. The van der Waals surface area contributed by atoms with Crippen LogP contribution in [0.4, 0.5) is 13.2 Å². The highest BCUT2D eigenvalue weighted by Gasteiger charge is 2.43. The van der Waals surface area contributed by atoms with E-state index in [2.05, 4.69) is 16.0 Å². The Morgan fingerprint density at radius 3 is 2.82 bits per heavy atom. The molecule has 0 aliphatic carbocycles. The Balaban J connectivity index is 2.61. The van der Waals surface area contributed by atoms with Crippen molar-refractivity contribution in [2.75, 3.05) is 0 Å². The second-order valence-electron chi connectivity index (χ2n) is 3.34. The number of hydrazine groups is 1. The molecule has 17 heavy (non-hydrogen) atoms. The van der Waals surface area contributed by atoms with Crippen molar-refractivity contribution in [3.8, 4) is 0 Å². The number of aromatic nitrogens is 2. The molecule has 90 valence electrons. The van der Waals surface area contributed by atoms with Crippen LogP contribution in [0, 0.1) is 5.82 Å². The molecule has 2 aromatic rings. The van der Waals surface area contributed by atoms with E-state index >= 15 is 0 Å². The van der Waals surface area contributed by atoms with Gasteiger partial charge in [-0.15, -0.1) is 0 Å². The highest BCUT2D eigenvalue weighted by atomic mass is 19.3. The van der Waals surface area contributed by atoms with Gasteiger partial charge in [-0.1, -0.05) is 0 Å². The molecule has 0 aliphatic rings. The molecule has 0 radical (unpaired) electrons. The van der Waals surface area contributed by atoms with E-state index in [-0.39, 0.29) is 10.9 Å². The number of hydrogen-bond donors (Lipinski definition) is 3. The first-order chi connectivity index (χ1) is 7.96. The fourth-order valence-corrected chi connectivity index (χ4v) is 1.42. The van der Waals surface area contributed by atoms with Crippen molar-refractivity contribution in [3.05, 3.63) is 29.7 Å². The zero-order chi connectivity index (χ0) is 12.6. The maximum atomic E-state index is 13.5. The predicted octanol–water partition coefficient (Wildman–Crippen LogP) is 0.784. The van der Waals surface area contributed by atoms with Crippen LogP contribution in [0.3, 0.4) is 0 Å². The van der Waals surface area contributed by atoms with Gasteiger partial charge in [-0.2, -0.15) is 13.9 Å². The summed E-state index contributed by atoms with van der Waals surface area (Å²) in [6, 6.07) is 1.69. The van der Waals surface area contributed by atoms with Crippen LogP contribution in [0.15, 0.2) is 18.3 Å². The molecule has 0 bridgehead atoms. The summed E-state index contributed by atoms with van der Waals surface area (Å²) < 4.78 is 40.4. The minimum atomic E-state index is -4.04. The number of halogens is 3. The highest BCUT2D eigenvalue weighted by molar-refractivity contribution is 5.87. The summed E-state index contributed by atoms with van der Waals surface area (Å²) >= 11 is 0. The third-order valence-electron chi connectivity index (χ3n) is 2.28. The molecule has 0 saturated heterocycles. The van der Waals surface area contributed by atoms with Gasteiger partial charge < -0.3 is 0 Å². The smallest absolute Gasteiger partial charge is 0.289 e. The lowest BCUT2D eigenvalue weighted by atomic mass is 10.1. The second-order valence-corrected chi connectivity index (χ2v) is 3.34. The summed E-state index contributed by atoms with van der Waals surface area (Å²) in [6.45, 7) is 0. The van der Waals surface area contributed by atoms with Gasteiger partial charge in [0.2, 0.25) is 0 Å². The lowest BCUT2D eigenvalue weighted by molar-refractivity contribution is -0.147. The quantitative estimate of drug-likeness (QED) is 0.414. The topological polar surface area (TPSA) is 83.8 Å². The van der Waals surface area contributed by atoms with Crippen LogP contribution in [0.2, 0.25) is 0 Å². The van der Waals surface area contributed by atoms with Crippen LogP contribution in [0.1, 0.15) is 5.56 Å². The van der Waals surface area contributed by atoms with Crippen molar-refractivity contribution in [1.29, 1.82) is 0 Å². The van der Waals surface area contributed by atoms with Crippen LogP contribution < -0.4 is 11.3 Å². The van der Waals surface area contributed by atoms with Crippen molar-refractivity contribution in [2.24, 2.45) is 5.84 Å². The summed E-state index contributed by atoms with van der Waals surface area (Å²) in [5, 5.41) is 6.26. The van der Waals surface area contributed by atoms with Gasteiger partial charge >= 0.3 is 11.8 Å². The number of amides is 1. The molecule has 0 saturated carbocycles. The predicted molar refractivity (Wildman–Crippen MR) is 52.3 cm³/mol. The minimum absolute atomic E-state index is 0.259. The highest BCUT2D eigenvalue weighted by Crippen LogP contribution is 2.32. The zero-order valence-electron chi connectivity index (χ0n) is 8.30. The molecular weight excluding hydrogens is 237 g/mol. The second kappa shape index (κ2) is 3.74. The van der Waals surface area contributed by atoms with E-state index in [4.69, 9.17) is 0 Å². The number of alkyl halides is 2. The Kier molecular flexibility index (Phi) is 2.50. The largest absolute Gasteiger partial charge is 0.353 e. The minimum Gasteiger partial charge on any atom is -0.289 e. The summed E-state index contributed by atoms with van der Waals surface area (Å²) in [7, 11) is 0. The Morgan fingerprint density at radius 2 is 2.18 bits per heavy atom. The first-order valence-electron chi connectivity index (χ1n) is 4.48. The average molecular weight is 244 g/mol. The van der Waals surface area contributed by atoms with E-state index in [0.717, 1.165) is 12.1 Å². The zero-order valence-corrected chi connectivity index (χ0v) is 8.30. The van der Waals surface area contributed by atoms with E-state index in [0.29, 0.717) is 0 Å². The lowest BCUT2D eigenvalue weighted by Crippen LogP contribution is -2.42. The van der Waals surface area contributed by atoms with Crippen LogP contribution in [-0.2, 0) is 10.7 Å². The Labute approximate surface area is 92.8 Å². The first-order valence-corrected chi connectivity index (χ1v) is 4.48. The van der Waals surface area contributed by atoms with Gasteiger partial charge in [-0.05, 0) is 6.07 Å². The Bertz CT molecular complexity index is 581. The van der Waals surface area contributed by atoms with Gasteiger partial charge in [0.05, 0.1) is 17.3 Å². The molecule has 0 aliphatic heterocycles. The van der Waals surface area contributed by atoms with Gasteiger partial charge in [0.1, 0.15) is 5.82 Å². The molecule has 2 rings (SSSR count). The number of nitrogens with zero attached hydrogens (tertiary/aromatic N) is 1. The molecular formula is C9H7F3N4O. The fraction of sp³-hybridized carbons (Fsp3) is 0.111. The first kappa shape index (κ1) is 11.4. The Hall–Kier alpha value is -2.09. The lowest BCUT2D eigenvalue weighted by Gasteiger charge is -2.15. The molecule has 1 aromatic heterocycles. The van der Waals surface area contributed by atoms with Crippen LogP contribution >= 0.6 is 0 Å². The summed E-state index contributed by atoms with van der Waals surface area (Å²) in [5.41, 5.74) is 0.506. The van der Waals surface area contributed by atoms with E-state index in [9.17, 15) is 18.0 Å². The molecule has 0 spiro atoms. The van der Waals surface area contributed by atoms with Crippen LogP contribution in [0.25, 0.3) is 10.9 Å². The van der Waals surface area contributed by atoms with Crippen molar-refractivity contribution >= 4 is 16.8 Å². The molecule has 0 unspecified atom stereocenters. The number of nitrogens with two attached hydrogens (primary N) is 1. The van der Waals surface area contributed by atoms with Crippen molar-refractivity contribution in [3.63, 3.8) is 0 Å². The van der Waals surface area contributed by atoms with Gasteiger partial charge in [-0.3, -0.25) is 15.3 Å².